The lowest BCUT2D eigenvalue weighted by atomic mass is 9.91. The predicted octanol–water partition coefficient (Wildman–Crippen LogP) is 17.3. The summed E-state index contributed by atoms with van der Waals surface area (Å²) in [5.41, 5.74) is 12.4. The van der Waals surface area contributed by atoms with Gasteiger partial charge in [-0.15, -0.1) is 0 Å². The number of nitrogens with zero attached hydrogens (tertiary/aromatic N) is 5. The number of furan rings is 2. The van der Waals surface area contributed by atoms with Crippen LogP contribution in [0.2, 0.25) is 0 Å². The van der Waals surface area contributed by atoms with Crippen LogP contribution in [-0.4, -0.2) is 13.7 Å². The van der Waals surface area contributed by atoms with Gasteiger partial charge in [0.05, 0.1) is 55.5 Å². The van der Waals surface area contributed by atoms with Crippen molar-refractivity contribution in [1.29, 1.82) is 10.5 Å². The Balaban J connectivity index is 1.20. The maximum atomic E-state index is 12.4. The van der Waals surface area contributed by atoms with Crippen LogP contribution in [0, 0.1) is 22.7 Å². The molecule has 0 aliphatic carbocycles. The van der Waals surface area contributed by atoms with Gasteiger partial charge in [-0.05, 0) is 89.1 Å². The number of hydrogen-bond acceptors (Lipinski definition) is 4. The Kier molecular flexibility index (Phi) is 7.90. The quantitative estimate of drug-likeness (QED) is 0.176. The summed E-state index contributed by atoms with van der Waals surface area (Å²) >= 11 is 0. The van der Waals surface area contributed by atoms with E-state index in [1.165, 1.54) is 0 Å². The van der Waals surface area contributed by atoms with E-state index in [1.54, 1.807) is 0 Å². The lowest BCUT2D eigenvalue weighted by Crippen LogP contribution is -2.14. The van der Waals surface area contributed by atoms with E-state index >= 15 is 0 Å². The van der Waals surface area contributed by atoms with Gasteiger partial charge in [0.15, 0.2) is 0 Å². The minimum Gasteiger partial charge on any atom is -0.456 e. The zero-order valence-electron chi connectivity index (χ0n) is 38.8. The van der Waals surface area contributed by atoms with E-state index in [-0.39, 0.29) is 0 Å². The third-order valence-electron chi connectivity index (χ3n) is 15.3. The summed E-state index contributed by atoms with van der Waals surface area (Å²) < 4.78 is 20.1. The molecule has 0 saturated carbocycles. The number of benzene rings is 11. The number of nitriles is 2. The molecule has 11 aromatic carbocycles. The van der Waals surface area contributed by atoms with Gasteiger partial charge in [0.25, 0.3) is 0 Å². The van der Waals surface area contributed by atoms with Crippen molar-refractivity contribution >= 4 is 120 Å². The first-order valence-corrected chi connectivity index (χ1v) is 24.4. The first-order chi connectivity index (χ1) is 36.2. The molecule has 0 saturated heterocycles. The van der Waals surface area contributed by atoms with Gasteiger partial charge >= 0.3 is 0 Å². The maximum Gasteiger partial charge on any atom is 0.145 e. The Hall–Kier alpha value is -10.3. The van der Waals surface area contributed by atoms with E-state index in [0.717, 1.165) is 131 Å². The maximum absolute atomic E-state index is 12.4. The van der Waals surface area contributed by atoms with Gasteiger partial charge in [0.1, 0.15) is 45.6 Å². The number of rotatable bonds is 4. The topological polar surface area (TPSA) is 88.6 Å². The monoisotopic (exact) mass is 929 g/mol. The molecule has 16 rings (SSSR count). The molecule has 0 unspecified atom stereocenters. The van der Waals surface area contributed by atoms with Crippen molar-refractivity contribution in [2.24, 2.45) is 0 Å². The second-order valence-electron chi connectivity index (χ2n) is 18.9. The largest absolute Gasteiger partial charge is 0.456 e. The number of fused-ring (bicyclic) bond motifs is 17. The molecule has 0 aliphatic heterocycles. The summed E-state index contributed by atoms with van der Waals surface area (Å²) in [5.74, 6) is 0. The van der Waals surface area contributed by atoms with Crippen molar-refractivity contribution in [3.05, 3.63) is 223 Å². The predicted molar refractivity (Wildman–Crippen MR) is 296 cm³/mol. The highest BCUT2D eigenvalue weighted by Gasteiger charge is 2.34. The average Bonchev–Trinajstić information content (AvgIpc) is 4.25. The molecular weight excluding hydrogens is 895 g/mol. The molecule has 0 aliphatic rings. The summed E-state index contributed by atoms with van der Waals surface area (Å²) in [5, 5.41) is 36.9. The number of para-hydroxylation sites is 6. The van der Waals surface area contributed by atoms with Gasteiger partial charge in [-0.3, -0.25) is 0 Å². The molecule has 336 valence electrons. The molecule has 0 atom stereocenters. The van der Waals surface area contributed by atoms with Crippen LogP contribution in [0.3, 0.4) is 0 Å². The molecule has 0 radical (unpaired) electrons. The van der Waals surface area contributed by atoms with Crippen molar-refractivity contribution < 1.29 is 8.83 Å². The molecule has 0 bridgehead atoms. The molecule has 0 amide bonds. The second kappa shape index (κ2) is 14.6. The molecule has 73 heavy (non-hydrogen) atoms. The van der Waals surface area contributed by atoms with Crippen LogP contribution in [0.1, 0.15) is 11.1 Å². The van der Waals surface area contributed by atoms with Crippen molar-refractivity contribution in [2.45, 2.75) is 0 Å². The average molecular weight is 930 g/mol. The van der Waals surface area contributed by atoms with Gasteiger partial charge in [0.2, 0.25) is 0 Å². The summed E-state index contributed by atoms with van der Waals surface area (Å²) in [4.78, 5) is 0. The minimum atomic E-state index is 0.344. The summed E-state index contributed by atoms with van der Waals surface area (Å²) in [7, 11) is 0. The van der Waals surface area contributed by atoms with Crippen molar-refractivity contribution in [3.63, 3.8) is 0 Å². The normalized spacial score (nSPS) is 12.1. The second-order valence-corrected chi connectivity index (χ2v) is 18.9. The third kappa shape index (κ3) is 5.24. The Morgan fingerprint density at radius 3 is 1.33 bits per heavy atom. The van der Waals surface area contributed by atoms with Crippen molar-refractivity contribution in [2.75, 3.05) is 0 Å². The van der Waals surface area contributed by atoms with Crippen LogP contribution in [0.15, 0.2) is 221 Å². The third-order valence-corrected chi connectivity index (χ3v) is 15.3. The Morgan fingerprint density at radius 2 is 0.767 bits per heavy atom. The van der Waals surface area contributed by atoms with Crippen LogP contribution in [0.25, 0.3) is 148 Å². The van der Waals surface area contributed by atoms with Crippen LogP contribution in [0.4, 0.5) is 0 Å². The summed E-state index contributed by atoms with van der Waals surface area (Å²) in [6.07, 6.45) is 0. The SMILES string of the molecule is N#Cc1c(-n2c3ccccc3c3ccccc32)c(-c2ccc3oc4ccccc4c3c2)c(-n2c3ccccc3c3ccccc32)c(C#N)c1-n1c2cc3ccccc3cc2c2c3oc4ccccc4c3ccc21. The fraction of sp³-hybridized carbons (Fsp3) is 0. The van der Waals surface area contributed by atoms with E-state index in [0.29, 0.717) is 28.2 Å². The minimum absolute atomic E-state index is 0.344. The summed E-state index contributed by atoms with van der Waals surface area (Å²) in [6.45, 7) is 0. The molecule has 0 N–H and O–H groups in total. The van der Waals surface area contributed by atoms with Gasteiger partial charge in [-0.25, -0.2) is 0 Å². The fourth-order valence-electron chi connectivity index (χ4n) is 12.3. The molecular formula is C66H35N5O2. The van der Waals surface area contributed by atoms with E-state index in [1.807, 2.05) is 42.5 Å². The van der Waals surface area contributed by atoms with Gasteiger partial charge in [-0.2, -0.15) is 10.5 Å². The Bertz CT molecular complexity index is 4940. The molecule has 0 fully saturated rings. The van der Waals surface area contributed by atoms with Crippen LogP contribution in [-0.2, 0) is 0 Å². The van der Waals surface area contributed by atoms with Gasteiger partial charge < -0.3 is 22.5 Å². The fourth-order valence-corrected chi connectivity index (χ4v) is 12.3. The number of hydrogen-bond donors (Lipinski definition) is 0. The van der Waals surface area contributed by atoms with Crippen LogP contribution < -0.4 is 0 Å². The van der Waals surface area contributed by atoms with Crippen molar-refractivity contribution in [3.8, 4) is 40.3 Å². The van der Waals surface area contributed by atoms with Gasteiger partial charge in [-0.1, -0.05) is 140 Å². The van der Waals surface area contributed by atoms with E-state index in [4.69, 9.17) is 8.83 Å². The smallest absolute Gasteiger partial charge is 0.145 e. The lowest BCUT2D eigenvalue weighted by molar-refractivity contribution is 0.669. The molecule has 7 nitrogen and oxygen atoms in total. The van der Waals surface area contributed by atoms with E-state index in [9.17, 15) is 10.5 Å². The first-order valence-electron chi connectivity index (χ1n) is 24.4. The van der Waals surface area contributed by atoms with Crippen molar-refractivity contribution in [1.82, 2.24) is 13.7 Å². The van der Waals surface area contributed by atoms with Gasteiger partial charge in [0, 0.05) is 54.0 Å². The van der Waals surface area contributed by atoms with E-state index < -0.39 is 0 Å². The molecule has 5 heterocycles. The number of aromatic nitrogens is 3. The summed E-state index contributed by atoms with van der Waals surface area (Å²) in [6, 6.07) is 78.9. The molecule has 5 aromatic heterocycles. The standard InChI is InChI=1S/C66H35N5O2/c67-36-50-63(71-56-31-30-47-45-21-7-14-28-59(45)73-66(47)62(56)49-33-38-15-1-2-16-39(38)35-57(49)71)51(37-68)65(70-54-25-11-5-19-43(54)44-20-6-12-26-55(44)70)61(40-29-32-60-48(34-40)46-22-8-13-27-58(46)72-60)64(50)69-52-23-9-3-17-41(52)42-18-4-10-24-53(42)69/h1-35H. The molecule has 7 heteroatoms. The zero-order valence-corrected chi connectivity index (χ0v) is 38.8. The molecule has 16 aromatic rings. The molecule has 0 spiro atoms. The lowest BCUT2D eigenvalue weighted by Gasteiger charge is -2.26. The Labute approximate surface area is 415 Å². The Morgan fingerprint density at radius 1 is 0.315 bits per heavy atom. The van der Waals surface area contributed by atoms with Crippen LogP contribution in [0.5, 0.6) is 0 Å². The highest BCUT2D eigenvalue weighted by Crippen LogP contribution is 2.51. The highest BCUT2D eigenvalue weighted by atomic mass is 16.3. The van der Waals surface area contributed by atoms with E-state index in [2.05, 4.69) is 196 Å². The zero-order chi connectivity index (χ0) is 48.1. The first kappa shape index (κ1) is 39.5. The highest BCUT2D eigenvalue weighted by molar-refractivity contribution is 6.26. The van der Waals surface area contributed by atoms with Crippen LogP contribution >= 0.6 is 0 Å².